The molecule has 0 bridgehead atoms. The standard InChI is InChI=1S/C17H22N2O3/c1-5-6-18-17(20)16-15(13(4)22-19-16)10-21-14-8-11(2)7-12(3)9-14/h7-9H,5-6,10H2,1-4H3,(H,18,20). The second kappa shape index (κ2) is 7.11. The molecule has 0 atom stereocenters. The third-order valence-electron chi connectivity index (χ3n) is 3.31. The fourth-order valence-corrected chi connectivity index (χ4v) is 2.23. The van der Waals surface area contributed by atoms with E-state index in [1.165, 1.54) is 0 Å². The van der Waals surface area contributed by atoms with Gasteiger partial charge in [-0.25, -0.2) is 0 Å². The number of amides is 1. The molecule has 0 radical (unpaired) electrons. The van der Waals surface area contributed by atoms with E-state index in [-0.39, 0.29) is 12.5 Å². The number of aryl methyl sites for hydroxylation is 3. The molecule has 2 rings (SSSR count). The Bertz CT molecular complexity index is 642. The first kappa shape index (κ1) is 16.1. The predicted octanol–water partition coefficient (Wildman–Crippen LogP) is 3.32. The molecule has 0 saturated carbocycles. The van der Waals surface area contributed by atoms with Gasteiger partial charge in [-0.05, 0) is 50.5 Å². The van der Waals surface area contributed by atoms with Crippen molar-refractivity contribution in [2.75, 3.05) is 6.54 Å². The molecule has 22 heavy (non-hydrogen) atoms. The molecular formula is C17H22N2O3. The Kier molecular flexibility index (Phi) is 5.20. The van der Waals surface area contributed by atoms with Crippen LogP contribution in [0, 0.1) is 20.8 Å². The lowest BCUT2D eigenvalue weighted by molar-refractivity contribution is 0.0942. The van der Waals surface area contributed by atoms with Crippen LogP contribution in [0.1, 0.15) is 46.3 Å². The zero-order valence-electron chi connectivity index (χ0n) is 13.5. The molecule has 2 aromatic rings. The van der Waals surface area contributed by atoms with Gasteiger partial charge in [-0.3, -0.25) is 4.79 Å². The molecule has 0 spiro atoms. The van der Waals surface area contributed by atoms with Crippen molar-refractivity contribution in [2.24, 2.45) is 0 Å². The van der Waals surface area contributed by atoms with Gasteiger partial charge in [0.1, 0.15) is 18.1 Å². The lowest BCUT2D eigenvalue weighted by Gasteiger charge is -2.08. The average molecular weight is 302 g/mol. The third-order valence-corrected chi connectivity index (χ3v) is 3.31. The fourth-order valence-electron chi connectivity index (χ4n) is 2.23. The van der Waals surface area contributed by atoms with E-state index >= 15 is 0 Å². The second-order valence-electron chi connectivity index (χ2n) is 5.43. The first-order chi connectivity index (χ1) is 10.5. The van der Waals surface area contributed by atoms with Gasteiger partial charge in [0.2, 0.25) is 0 Å². The normalized spacial score (nSPS) is 10.5. The van der Waals surface area contributed by atoms with Crippen molar-refractivity contribution in [3.05, 3.63) is 46.3 Å². The highest BCUT2D eigenvalue weighted by atomic mass is 16.5. The van der Waals surface area contributed by atoms with Crippen molar-refractivity contribution in [2.45, 2.75) is 40.7 Å². The maximum absolute atomic E-state index is 12.1. The van der Waals surface area contributed by atoms with Gasteiger partial charge in [0, 0.05) is 6.54 Å². The van der Waals surface area contributed by atoms with E-state index in [0.29, 0.717) is 23.6 Å². The number of carbonyl (C=O) groups excluding carboxylic acids is 1. The molecule has 0 saturated heterocycles. The van der Waals surface area contributed by atoms with Gasteiger partial charge in [-0.1, -0.05) is 18.1 Å². The van der Waals surface area contributed by atoms with Crippen molar-refractivity contribution in [3.8, 4) is 5.75 Å². The van der Waals surface area contributed by atoms with Crippen molar-refractivity contribution in [1.29, 1.82) is 0 Å². The summed E-state index contributed by atoms with van der Waals surface area (Å²) in [5.74, 6) is 1.15. The molecule has 0 aliphatic carbocycles. The molecule has 1 heterocycles. The smallest absolute Gasteiger partial charge is 0.273 e. The van der Waals surface area contributed by atoms with E-state index < -0.39 is 0 Å². The van der Waals surface area contributed by atoms with Gasteiger partial charge < -0.3 is 14.6 Å². The first-order valence-electron chi connectivity index (χ1n) is 7.45. The largest absolute Gasteiger partial charge is 0.489 e. The summed E-state index contributed by atoms with van der Waals surface area (Å²) in [7, 11) is 0. The minimum atomic E-state index is -0.224. The Morgan fingerprint density at radius 3 is 2.55 bits per heavy atom. The number of hydrogen-bond donors (Lipinski definition) is 1. The molecular weight excluding hydrogens is 280 g/mol. The molecule has 0 unspecified atom stereocenters. The summed E-state index contributed by atoms with van der Waals surface area (Å²) in [4.78, 5) is 12.1. The molecule has 0 aliphatic rings. The maximum Gasteiger partial charge on any atom is 0.273 e. The van der Waals surface area contributed by atoms with E-state index in [9.17, 15) is 4.79 Å². The highest BCUT2D eigenvalue weighted by Gasteiger charge is 2.20. The Morgan fingerprint density at radius 1 is 1.23 bits per heavy atom. The Labute approximate surface area is 130 Å². The van der Waals surface area contributed by atoms with Crippen molar-refractivity contribution < 1.29 is 14.1 Å². The Morgan fingerprint density at radius 2 is 1.91 bits per heavy atom. The number of hydrogen-bond acceptors (Lipinski definition) is 4. The number of ether oxygens (including phenoxy) is 1. The summed E-state index contributed by atoms with van der Waals surface area (Å²) >= 11 is 0. The maximum atomic E-state index is 12.1. The van der Waals surface area contributed by atoms with Crippen molar-refractivity contribution >= 4 is 5.91 Å². The summed E-state index contributed by atoms with van der Waals surface area (Å²) in [5.41, 5.74) is 3.26. The van der Waals surface area contributed by atoms with E-state index in [4.69, 9.17) is 9.26 Å². The molecule has 0 aliphatic heterocycles. The fraction of sp³-hybridized carbons (Fsp3) is 0.412. The van der Waals surface area contributed by atoms with Crippen molar-refractivity contribution in [3.63, 3.8) is 0 Å². The first-order valence-corrected chi connectivity index (χ1v) is 7.45. The summed E-state index contributed by atoms with van der Waals surface area (Å²) in [5, 5.41) is 6.65. The molecule has 1 N–H and O–H groups in total. The lowest BCUT2D eigenvalue weighted by atomic mass is 10.1. The van der Waals surface area contributed by atoms with Gasteiger partial charge in [-0.15, -0.1) is 0 Å². The van der Waals surface area contributed by atoms with E-state index in [2.05, 4.69) is 16.5 Å². The number of aromatic nitrogens is 1. The van der Waals surface area contributed by atoms with E-state index in [1.54, 1.807) is 6.92 Å². The van der Waals surface area contributed by atoms with Crippen LogP contribution in [0.15, 0.2) is 22.7 Å². The van der Waals surface area contributed by atoms with Gasteiger partial charge in [0.25, 0.3) is 5.91 Å². The number of nitrogens with one attached hydrogen (secondary N) is 1. The van der Waals surface area contributed by atoms with Crippen LogP contribution in [0.25, 0.3) is 0 Å². The van der Waals surface area contributed by atoms with Crippen LogP contribution in [0.3, 0.4) is 0 Å². The van der Waals surface area contributed by atoms with Crippen molar-refractivity contribution in [1.82, 2.24) is 10.5 Å². The minimum absolute atomic E-state index is 0.224. The topological polar surface area (TPSA) is 64.4 Å². The van der Waals surface area contributed by atoms with Crippen LogP contribution >= 0.6 is 0 Å². The Hall–Kier alpha value is -2.30. The minimum Gasteiger partial charge on any atom is -0.489 e. The summed E-state index contributed by atoms with van der Waals surface area (Å²) in [6.45, 7) is 8.69. The highest BCUT2D eigenvalue weighted by molar-refractivity contribution is 5.93. The van der Waals surface area contributed by atoms with Crippen LogP contribution in [0.2, 0.25) is 0 Å². The van der Waals surface area contributed by atoms with Gasteiger partial charge in [-0.2, -0.15) is 0 Å². The van der Waals surface area contributed by atoms with Crippen LogP contribution in [-0.2, 0) is 6.61 Å². The van der Waals surface area contributed by atoms with E-state index in [0.717, 1.165) is 23.3 Å². The molecule has 1 aromatic carbocycles. The van der Waals surface area contributed by atoms with Crippen LogP contribution < -0.4 is 10.1 Å². The van der Waals surface area contributed by atoms with E-state index in [1.807, 2.05) is 32.9 Å². The second-order valence-corrected chi connectivity index (χ2v) is 5.43. The lowest BCUT2D eigenvalue weighted by Crippen LogP contribution is -2.25. The average Bonchev–Trinajstić information content (AvgIpc) is 2.82. The SMILES string of the molecule is CCCNC(=O)c1noc(C)c1COc1cc(C)cc(C)c1. The molecule has 1 aromatic heterocycles. The molecule has 1 amide bonds. The third kappa shape index (κ3) is 3.87. The highest BCUT2D eigenvalue weighted by Crippen LogP contribution is 2.20. The molecule has 0 fully saturated rings. The monoisotopic (exact) mass is 302 g/mol. The quantitative estimate of drug-likeness (QED) is 0.889. The number of carbonyl (C=O) groups is 1. The Balaban J connectivity index is 2.12. The zero-order chi connectivity index (χ0) is 16.1. The molecule has 5 heteroatoms. The van der Waals surface area contributed by atoms with Gasteiger partial charge >= 0.3 is 0 Å². The van der Waals surface area contributed by atoms with Gasteiger partial charge in [0.05, 0.1) is 5.56 Å². The van der Waals surface area contributed by atoms with Crippen LogP contribution in [-0.4, -0.2) is 17.6 Å². The van der Waals surface area contributed by atoms with Crippen LogP contribution in [0.4, 0.5) is 0 Å². The summed E-state index contributed by atoms with van der Waals surface area (Å²) in [6.07, 6.45) is 0.872. The van der Waals surface area contributed by atoms with Crippen LogP contribution in [0.5, 0.6) is 5.75 Å². The predicted molar refractivity (Wildman–Crippen MR) is 84.1 cm³/mol. The number of rotatable bonds is 6. The van der Waals surface area contributed by atoms with Gasteiger partial charge in [0.15, 0.2) is 5.69 Å². The molecule has 5 nitrogen and oxygen atoms in total. The zero-order valence-corrected chi connectivity index (χ0v) is 13.5. The number of benzene rings is 1. The summed E-state index contributed by atoms with van der Waals surface area (Å²) in [6, 6.07) is 6.01. The number of nitrogens with zero attached hydrogens (tertiary/aromatic N) is 1. The molecule has 118 valence electrons. The summed E-state index contributed by atoms with van der Waals surface area (Å²) < 4.78 is 10.9.